The second-order valence-corrected chi connectivity index (χ2v) is 6.94. The number of hydrogen-bond acceptors (Lipinski definition) is 4. The van der Waals surface area contributed by atoms with E-state index in [-0.39, 0.29) is 29.2 Å². The van der Waals surface area contributed by atoms with Crippen LogP contribution in [0, 0.1) is 5.41 Å². The highest BCUT2D eigenvalue weighted by molar-refractivity contribution is 5.96. The fraction of sp³-hybridized carbons (Fsp3) is 0.611. The van der Waals surface area contributed by atoms with Crippen LogP contribution in [0.15, 0.2) is 18.3 Å². The fourth-order valence-electron chi connectivity index (χ4n) is 3.20. The van der Waals surface area contributed by atoms with Gasteiger partial charge in [0.15, 0.2) is 0 Å². The molecule has 0 radical (unpaired) electrons. The number of pyridine rings is 1. The van der Waals surface area contributed by atoms with Crippen molar-refractivity contribution in [1.82, 2.24) is 9.88 Å². The number of carboxylic acids is 1. The maximum Gasteiger partial charge on any atom is 0.354 e. The molecule has 1 aromatic heterocycles. The predicted octanol–water partition coefficient (Wildman–Crippen LogP) is 2.84. The molecule has 6 heteroatoms. The minimum atomic E-state index is -1.14. The number of ether oxygens (including phenoxy) is 1. The Bertz CT molecular complexity index is 615. The standard InChI is InChI=1S/C18H26N2O4/c1-5-6-9-24-15-11-14(18(15,2)3)20(4)16(21)12-7-8-19-13(10-12)17(22)23/h7-8,10,14-15H,5-6,9,11H2,1-4H3,(H,22,23). The zero-order chi connectivity index (χ0) is 17.9. The molecule has 132 valence electrons. The number of carbonyl (C=O) groups excluding carboxylic acids is 1. The van der Waals surface area contributed by atoms with Crippen LogP contribution in [-0.4, -0.2) is 52.7 Å². The summed E-state index contributed by atoms with van der Waals surface area (Å²) in [4.78, 5) is 29.1. The number of rotatable bonds is 7. The van der Waals surface area contributed by atoms with Crippen LogP contribution in [0.3, 0.4) is 0 Å². The molecule has 1 fully saturated rings. The molecule has 1 aliphatic rings. The SMILES string of the molecule is CCCCOC1CC(N(C)C(=O)c2ccnc(C(=O)O)c2)C1(C)C. The van der Waals surface area contributed by atoms with E-state index in [2.05, 4.69) is 25.8 Å². The predicted molar refractivity (Wildman–Crippen MR) is 90.1 cm³/mol. The molecule has 0 bridgehead atoms. The first-order chi connectivity index (χ1) is 11.3. The molecule has 1 saturated carbocycles. The van der Waals surface area contributed by atoms with E-state index in [1.165, 1.54) is 12.3 Å². The molecule has 0 saturated heterocycles. The molecule has 1 aliphatic carbocycles. The Kier molecular flexibility index (Phi) is 5.59. The molecule has 0 aliphatic heterocycles. The zero-order valence-electron chi connectivity index (χ0n) is 14.8. The van der Waals surface area contributed by atoms with E-state index < -0.39 is 5.97 Å². The number of aromatic carboxylic acids is 1. The molecule has 1 heterocycles. The second kappa shape index (κ2) is 7.30. The third kappa shape index (κ3) is 3.59. The van der Waals surface area contributed by atoms with Crippen LogP contribution in [0.4, 0.5) is 0 Å². The van der Waals surface area contributed by atoms with Gasteiger partial charge in [0, 0.05) is 36.9 Å². The van der Waals surface area contributed by atoms with Gasteiger partial charge in [-0.1, -0.05) is 27.2 Å². The third-order valence-corrected chi connectivity index (χ3v) is 4.96. The molecule has 1 aromatic rings. The van der Waals surface area contributed by atoms with Gasteiger partial charge in [0.05, 0.1) is 6.10 Å². The second-order valence-electron chi connectivity index (χ2n) is 6.94. The van der Waals surface area contributed by atoms with Gasteiger partial charge in [0.1, 0.15) is 5.69 Å². The number of hydrogen-bond donors (Lipinski definition) is 1. The lowest BCUT2D eigenvalue weighted by atomic mass is 9.63. The van der Waals surface area contributed by atoms with E-state index in [1.807, 2.05) is 0 Å². The van der Waals surface area contributed by atoms with Crippen molar-refractivity contribution in [3.63, 3.8) is 0 Å². The van der Waals surface area contributed by atoms with E-state index in [1.54, 1.807) is 18.0 Å². The van der Waals surface area contributed by atoms with Gasteiger partial charge in [-0.05, 0) is 25.0 Å². The summed E-state index contributed by atoms with van der Waals surface area (Å²) in [7, 11) is 1.76. The van der Waals surface area contributed by atoms with Gasteiger partial charge in [0.2, 0.25) is 0 Å². The fourth-order valence-corrected chi connectivity index (χ4v) is 3.20. The number of carbonyl (C=O) groups is 2. The molecule has 2 atom stereocenters. The van der Waals surface area contributed by atoms with Crippen molar-refractivity contribution in [2.24, 2.45) is 5.41 Å². The van der Waals surface area contributed by atoms with Crippen LogP contribution in [0.2, 0.25) is 0 Å². The van der Waals surface area contributed by atoms with Crippen molar-refractivity contribution >= 4 is 11.9 Å². The molecule has 1 N–H and O–H groups in total. The summed E-state index contributed by atoms with van der Waals surface area (Å²) in [5.41, 5.74) is 0.0971. The molecule has 6 nitrogen and oxygen atoms in total. The quantitative estimate of drug-likeness (QED) is 0.776. The molecular formula is C18H26N2O4. The molecule has 0 spiro atoms. The third-order valence-electron chi connectivity index (χ3n) is 4.96. The minimum Gasteiger partial charge on any atom is -0.477 e. The minimum absolute atomic E-state index is 0.0677. The van der Waals surface area contributed by atoms with Crippen LogP contribution in [0.25, 0.3) is 0 Å². The smallest absolute Gasteiger partial charge is 0.354 e. The van der Waals surface area contributed by atoms with E-state index >= 15 is 0 Å². The summed E-state index contributed by atoms with van der Waals surface area (Å²) in [5.74, 6) is -1.33. The van der Waals surface area contributed by atoms with Crippen molar-refractivity contribution in [3.05, 3.63) is 29.6 Å². The molecule has 2 rings (SSSR count). The van der Waals surface area contributed by atoms with Gasteiger partial charge < -0.3 is 14.7 Å². The summed E-state index contributed by atoms with van der Waals surface area (Å²) >= 11 is 0. The number of amides is 1. The Balaban J connectivity index is 2.04. The topological polar surface area (TPSA) is 79.7 Å². The van der Waals surface area contributed by atoms with E-state index in [4.69, 9.17) is 9.84 Å². The Hall–Kier alpha value is -1.95. The normalized spacial score (nSPS) is 21.8. The molecule has 1 amide bonds. The van der Waals surface area contributed by atoms with Crippen molar-refractivity contribution in [3.8, 4) is 0 Å². The van der Waals surface area contributed by atoms with Gasteiger partial charge in [-0.3, -0.25) is 4.79 Å². The van der Waals surface area contributed by atoms with Gasteiger partial charge in [-0.25, -0.2) is 9.78 Å². The maximum absolute atomic E-state index is 12.7. The average molecular weight is 334 g/mol. The Morgan fingerprint density at radius 1 is 1.46 bits per heavy atom. The number of carboxylic acid groups (broad SMARTS) is 1. The van der Waals surface area contributed by atoms with Gasteiger partial charge in [-0.15, -0.1) is 0 Å². The van der Waals surface area contributed by atoms with Crippen LogP contribution in [0.1, 0.15) is 60.9 Å². The van der Waals surface area contributed by atoms with Crippen LogP contribution < -0.4 is 0 Å². The zero-order valence-corrected chi connectivity index (χ0v) is 14.8. The van der Waals surface area contributed by atoms with Crippen LogP contribution in [0.5, 0.6) is 0 Å². The summed E-state index contributed by atoms with van der Waals surface area (Å²) < 4.78 is 5.92. The maximum atomic E-state index is 12.7. The molecule has 24 heavy (non-hydrogen) atoms. The van der Waals surface area contributed by atoms with Gasteiger partial charge in [0.25, 0.3) is 5.91 Å². The first-order valence-corrected chi connectivity index (χ1v) is 8.37. The van der Waals surface area contributed by atoms with Crippen molar-refractivity contribution in [2.45, 2.75) is 52.2 Å². The van der Waals surface area contributed by atoms with Crippen molar-refractivity contribution < 1.29 is 19.4 Å². The first kappa shape index (κ1) is 18.4. The Labute approximate surface area is 142 Å². The summed E-state index contributed by atoms with van der Waals surface area (Å²) in [5, 5.41) is 9.01. The van der Waals surface area contributed by atoms with E-state index in [0.717, 1.165) is 25.9 Å². The highest BCUT2D eigenvalue weighted by Gasteiger charge is 2.51. The highest BCUT2D eigenvalue weighted by atomic mass is 16.5. The lowest BCUT2D eigenvalue weighted by Crippen LogP contribution is -2.62. The lowest BCUT2D eigenvalue weighted by Gasteiger charge is -2.54. The summed E-state index contributed by atoms with van der Waals surface area (Å²) in [6.45, 7) is 7.10. The molecule has 2 unspecified atom stereocenters. The van der Waals surface area contributed by atoms with E-state index in [0.29, 0.717) is 5.56 Å². The number of nitrogens with zero attached hydrogens (tertiary/aromatic N) is 2. The lowest BCUT2D eigenvalue weighted by molar-refractivity contribution is -0.140. The summed E-state index contributed by atoms with van der Waals surface area (Å²) in [6.07, 6.45) is 4.45. The molecular weight excluding hydrogens is 308 g/mol. The summed E-state index contributed by atoms with van der Waals surface area (Å²) in [6, 6.07) is 2.94. The largest absolute Gasteiger partial charge is 0.477 e. The Morgan fingerprint density at radius 2 is 2.17 bits per heavy atom. The average Bonchev–Trinajstić information content (AvgIpc) is 2.56. The van der Waals surface area contributed by atoms with Gasteiger partial charge >= 0.3 is 5.97 Å². The molecule has 0 aromatic carbocycles. The monoisotopic (exact) mass is 334 g/mol. The van der Waals surface area contributed by atoms with Crippen LogP contribution in [-0.2, 0) is 4.74 Å². The highest BCUT2D eigenvalue weighted by Crippen LogP contribution is 2.45. The first-order valence-electron chi connectivity index (χ1n) is 8.37. The van der Waals surface area contributed by atoms with Crippen LogP contribution >= 0.6 is 0 Å². The number of unbranched alkanes of at least 4 members (excludes halogenated alkanes) is 1. The number of aromatic nitrogens is 1. The Morgan fingerprint density at radius 3 is 2.75 bits per heavy atom. The van der Waals surface area contributed by atoms with Crippen molar-refractivity contribution in [2.75, 3.05) is 13.7 Å². The van der Waals surface area contributed by atoms with Crippen molar-refractivity contribution in [1.29, 1.82) is 0 Å². The van der Waals surface area contributed by atoms with Gasteiger partial charge in [-0.2, -0.15) is 0 Å². The van der Waals surface area contributed by atoms with E-state index in [9.17, 15) is 9.59 Å².